The summed E-state index contributed by atoms with van der Waals surface area (Å²) in [6.07, 6.45) is 4.96. The molecule has 0 atom stereocenters. The lowest BCUT2D eigenvalue weighted by Crippen LogP contribution is -2.50. The van der Waals surface area contributed by atoms with E-state index in [1.807, 2.05) is 36.4 Å². The summed E-state index contributed by atoms with van der Waals surface area (Å²) < 4.78 is 5.51. The largest absolute Gasteiger partial charge is 0.376 e. The van der Waals surface area contributed by atoms with Crippen molar-refractivity contribution < 1.29 is 14.3 Å². The van der Waals surface area contributed by atoms with Gasteiger partial charge < -0.3 is 15.0 Å². The quantitative estimate of drug-likeness (QED) is 0.814. The molecule has 0 unspecified atom stereocenters. The molecule has 0 saturated carbocycles. The van der Waals surface area contributed by atoms with Gasteiger partial charge in [0.1, 0.15) is 0 Å². The molecule has 4 rings (SSSR count). The van der Waals surface area contributed by atoms with Gasteiger partial charge in [-0.15, -0.1) is 0 Å². The van der Waals surface area contributed by atoms with Gasteiger partial charge in [-0.3, -0.25) is 14.6 Å². The minimum Gasteiger partial charge on any atom is -0.376 e. The second-order valence-electron chi connectivity index (χ2n) is 7.56. The zero-order valence-electron chi connectivity index (χ0n) is 16.4. The number of carbonyl (C=O) groups excluding carboxylic acids is 2. The molecule has 2 aliphatic rings. The van der Waals surface area contributed by atoms with E-state index in [2.05, 4.69) is 16.9 Å². The maximum Gasteiger partial charge on any atom is 0.245 e. The van der Waals surface area contributed by atoms with E-state index in [4.69, 9.17) is 4.74 Å². The monoisotopic (exact) mass is 391 g/mol. The highest BCUT2D eigenvalue weighted by Gasteiger charge is 2.43. The lowest BCUT2D eigenvalue weighted by molar-refractivity contribution is -0.131. The summed E-state index contributed by atoms with van der Waals surface area (Å²) in [6, 6.07) is 11.8. The molecule has 29 heavy (non-hydrogen) atoms. The summed E-state index contributed by atoms with van der Waals surface area (Å²) in [4.78, 5) is 31.8. The van der Waals surface area contributed by atoms with Crippen LogP contribution in [0.2, 0.25) is 0 Å². The zero-order chi connectivity index (χ0) is 20.3. The Morgan fingerprint density at radius 3 is 2.69 bits per heavy atom. The highest BCUT2D eigenvalue weighted by atomic mass is 16.5. The van der Waals surface area contributed by atoms with E-state index in [0.717, 1.165) is 23.2 Å². The maximum atomic E-state index is 13.5. The van der Waals surface area contributed by atoms with Gasteiger partial charge in [0.15, 0.2) is 0 Å². The first-order valence-electron chi connectivity index (χ1n) is 9.96. The molecule has 0 radical (unpaired) electrons. The third kappa shape index (κ3) is 3.80. The second kappa shape index (κ2) is 8.17. The molecule has 6 nitrogen and oxygen atoms in total. The third-order valence-electron chi connectivity index (χ3n) is 5.92. The van der Waals surface area contributed by atoms with Gasteiger partial charge in [-0.2, -0.15) is 0 Å². The van der Waals surface area contributed by atoms with Gasteiger partial charge in [0.25, 0.3) is 0 Å². The Labute approximate surface area is 170 Å². The Hall–Kier alpha value is -2.99. The number of carbonyl (C=O) groups is 2. The molecular formula is C23H25N3O3. The summed E-state index contributed by atoms with van der Waals surface area (Å²) in [6.45, 7) is 5.81. The van der Waals surface area contributed by atoms with E-state index in [0.29, 0.717) is 44.8 Å². The molecule has 1 fully saturated rings. The van der Waals surface area contributed by atoms with Gasteiger partial charge in [-0.1, -0.05) is 36.9 Å². The van der Waals surface area contributed by atoms with Crippen molar-refractivity contribution in [3.8, 4) is 0 Å². The van der Waals surface area contributed by atoms with E-state index >= 15 is 0 Å². The SMILES string of the molecule is C=CC(=O)N1CCC(C(=O)Nc2cnc3c(c2)COCC3)(c2ccccc2)CC1. The molecule has 3 heterocycles. The number of amides is 2. The predicted octanol–water partition coefficient (Wildman–Crippen LogP) is 2.84. The normalized spacial score (nSPS) is 17.9. The average molecular weight is 391 g/mol. The number of ether oxygens (including phenoxy) is 1. The van der Waals surface area contributed by atoms with E-state index < -0.39 is 5.41 Å². The number of piperidine rings is 1. The maximum absolute atomic E-state index is 13.5. The molecule has 0 spiro atoms. The lowest BCUT2D eigenvalue weighted by atomic mass is 9.72. The van der Waals surface area contributed by atoms with Gasteiger partial charge in [-0.05, 0) is 30.5 Å². The van der Waals surface area contributed by atoms with Crippen LogP contribution in [0.25, 0.3) is 0 Å². The minimum atomic E-state index is -0.689. The fourth-order valence-corrected chi connectivity index (χ4v) is 4.20. The number of aromatic nitrogens is 1. The smallest absolute Gasteiger partial charge is 0.245 e. The van der Waals surface area contributed by atoms with Crippen molar-refractivity contribution in [3.63, 3.8) is 0 Å². The minimum absolute atomic E-state index is 0.0621. The Morgan fingerprint density at radius 1 is 1.21 bits per heavy atom. The molecule has 1 N–H and O–H groups in total. The first-order chi connectivity index (χ1) is 14.1. The molecule has 1 aromatic carbocycles. The number of hydrogen-bond donors (Lipinski definition) is 1. The lowest BCUT2D eigenvalue weighted by Gasteiger charge is -2.40. The van der Waals surface area contributed by atoms with Crippen LogP contribution < -0.4 is 5.32 Å². The third-order valence-corrected chi connectivity index (χ3v) is 5.92. The Kier molecular flexibility index (Phi) is 5.45. The molecule has 150 valence electrons. The Balaban J connectivity index is 1.59. The molecule has 6 heteroatoms. The van der Waals surface area contributed by atoms with Crippen LogP contribution in [0.4, 0.5) is 5.69 Å². The number of hydrogen-bond acceptors (Lipinski definition) is 4. The number of benzene rings is 1. The molecule has 2 aliphatic heterocycles. The summed E-state index contributed by atoms with van der Waals surface area (Å²) in [7, 11) is 0. The predicted molar refractivity (Wildman–Crippen MR) is 110 cm³/mol. The molecule has 0 aliphatic carbocycles. The fraction of sp³-hybridized carbons (Fsp3) is 0.348. The molecule has 1 aromatic heterocycles. The van der Waals surface area contributed by atoms with Crippen LogP contribution in [0.1, 0.15) is 29.7 Å². The number of anilines is 1. The standard InChI is InChI=1S/C23H25N3O3/c1-2-21(27)26-11-9-23(10-12-26,18-6-4-3-5-7-18)22(28)25-19-14-17-16-29-13-8-20(17)24-15-19/h2-7,14-15H,1,8-13,16H2,(H,25,28). The number of nitrogens with zero attached hydrogens (tertiary/aromatic N) is 2. The van der Waals surface area contributed by atoms with E-state index in [-0.39, 0.29) is 11.8 Å². The molecule has 2 amide bonds. The second-order valence-corrected chi connectivity index (χ2v) is 7.56. The van der Waals surface area contributed by atoms with Crippen molar-refractivity contribution in [2.24, 2.45) is 0 Å². The van der Waals surface area contributed by atoms with Crippen LogP contribution in [0, 0.1) is 0 Å². The number of rotatable bonds is 4. The summed E-state index contributed by atoms with van der Waals surface area (Å²) in [5, 5.41) is 3.08. The van der Waals surface area contributed by atoms with Crippen LogP contribution in [-0.4, -0.2) is 41.4 Å². The molecular weight excluding hydrogens is 366 g/mol. The van der Waals surface area contributed by atoms with Crippen LogP contribution in [0.15, 0.2) is 55.3 Å². The Bertz CT molecular complexity index is 918. The highest BCUT2D eigenvalue weighted by Crippen LogP contribution is 2.37. The van der Waals surface area contributed by atoms with Crippen LogP contribution in [-0.2, 0) is 32.8 Å². The van der Waals surface area contributed by atoms with Crippen LogP contribution in [0.3, 0.4) is 0 Å². The van der Waals surface area contributed by atoms with Gasteiger partial charge in [0, 0.05) is 30.8 Å². The Morgan fingerprint density at radius 2 is 1.97 bits per heavy atom. The average Bonchev–Trinajstić information content (AvgIpc) is 2.79. The number of nitrogens with one attached hydrogen (secondary N) is 1. The summed E-state index contributed by atoms with van der Waals surface area (Å²) in [5.74, 6) is -0.154. The van der Waals surface area contributed by atoms with Crippen LogP contribution >= 0.6 is 0 Å². The number of fused-ring (bicyclic) bond motifs is 1. The van der Waals surface area contributed by atoms with Crippen molar-refractivity contribution in [1.82, 2.24) is 9.88 Å². The molecule has 0 bridgehead atoms. The van der Waals surface area contributed by atoms with Crippen molar-refractivity contribution in [1.29, 1.82) is 0 Å². The van der Waals surface area contributed by atoms with Crippen molar-refractivity contribution in [2.75, 3.05) is 25.0 Å². The number of likely N-dealkylation sites (tertiary alicyclic amines) is 1. The van der Waals surface area contributed by atoms with Gasteiger partial charge in [0.2, 0.25) is 11.8 Å². The van der Waals surface area contributed by atoms with Crippen molar-refractivity contribution in [3.05, 3.63) is 72.1 Å². The molecule has 2 aromatic rings. The fourth-order valence-electron chi connectivity index (χ4n) is 4.20. The number of pyridine rings is 1. The van der Waals surface area contributed by atoms with Crippen molar-refractivity contribution >= 4 is 17.5 Å². The zero-order valence-corrected chi connectivity index (χ0v) is 16.4. The van der Waals surface area contributed by atoms with Gasteiger partial charge in [0.05, 0.1) is 30.5 Å². The first kappa shape index (κ1) is 19.3. The topological polar surface area (TPSA) is 71.5 Å². The van der Waals surface area contributed by atoms with Crippen molar-refractivity contribution in [2.45, 2.75) is 31.3 Å². The first-order valence-corrected chi connectivity index (χ1v) is 9.96. The van der Waals surface area contributed by atoms with Gasteiger partial charge in [-0.25, -0.2) is 0 Å². The summed E-state index contributed by atoms with van der Waals surface area (Å²) >= 11 is 0. The highest BCUT2D eigenvalue weighted by molar-refractivity contribution is 5.99. The molecule has 1 saturated heterocycles. The summed E-state index contributed by atoms with van der Waals surface area (Å²) in [5.41, 5.74) is 3.01. The van der Waals surface area contributed by atoms with E-state index in [1.54, 1.807) is 11.1 Å². The van der Waals surface area contributed by atoms with Crippen LogP contribution in [0.5, 0.6) is 0 Å². The van der Waals surface area contributed by atoms with Gasteiger partial charge >= 0.3 is 0 Å². The van der Waals surface area contributed by atoms with E-state index in [9.17, 15) is 9.59 Å². The van der Waals surface area contributed by atoms with E-state index in [1.165, 1.54) is 6.08 Å².